The topological polar surface area (TPSA) is 60.4 Å². The number of rotatable bonds is 6. The Bertz CT molecular complexity index is 684. The molecule has 0 aliphatic heterocycles. The summed E-state index contributed by atoms with van der Waals surface area (Å²) >= 11 is 0. The van der Waals surface area contributed by atoms with E-state index >= 15 is 0 Å². The zero-order valence-electron chi connectivity index (χ0n) is 13.8. The number of esters is 1. The van der Waals surface area contributed by atoms with Crippen LogP contribution in [0.4, 0.5) is 13.2 Å². The van der Waals surface area contributed by atoms with Crippen molar-refractivity contribution in [1.82, 2.24) is 0 Å². The van der Waals surface area contributed by atoms with Crippen molar-refractivity contribution in [2.24, 2.45) is 5.92 Å². The van der Waals surface area contributed by atoms with Crippen LogP contribution in [0, 0.1) is 5.92 Å². The third-order valence-electron chi connectivity index (χ3n) is 4.31. The molecule has 0 spiro atoms. The van der Waals surface area contributed by atoms with Crippen LogP contribution in [-0.4, -0.2) is 20.5 Å². The fourth-order valence-corrected chi connectivity index (χ4v) is 3.57. The van der Waals surface area contributed by atoms with Gasteiger partial charge in [0.2, 0.25) is 0 Å². The van der Waals surface area contributed by atoms with Gasteiger partial charge in [0, 0.05) is 0 Å². The van der Waals surface area contributed by atoms with Gasteiger partial charge in [0.15, 0.2) is 0 Å². The summed E-state index contributed by atoms with van der Waals surface area (Å²) in [6.07, 6.45) is -0.924. The second-order valence-electron chi connectivity index (χ2n) is 6.43. The van der Waals surface area contributed by atoms with Crippen LogP contribution in [0.3, 0.4) is 0 Å². The van der Waals surface area contributed by atoms with Gasteiger partial charge in [-0.15, -0.1) is 0 Å². The minimum Gasteiger partial charge on any atom is -0.462 e. The average molecular weight is 378 g/mol. The van der Waals surface area contributed by atoms with Crippen molar-refractivity contribution in [3.05, 3.63) is 34.9 Å². The highest BCUT2D eigenvalue weighted by Gasteiger charge is 2.34. The number of hydrogen-bond acceptors (Lipinski definition) is 4. The highest BCUT2D eigenvalue weighted by atomic mass is 32.2. The molecule has 0 N–H and O–H groups in total. The molecule has 1 saturated carbocycles. The van der Waals surface area contributed by atoms with Crippen LogP contribution in [0.15, 0.2) is 18.2 Å². The third-order valence-corrected chi connectivity index (χ3v) is 4.91. The monoisotopic (exact) mass is 378 g/mol. The van der Waals surface area contributed by atoms with Gasteiger partial charge in [-0.1, -0.05) is 19.1 Å². The second-order valence-corrected chi connectivity index (χ2v) is 7.41. The Morgan fingerprint density at radius 1 is 1.28 bits per heavy atom. The number of benzene rings is 1. The maximum Gasteiger partial charge on any atom is 0.416 e. The summed E-state index contributed by atoms with van der Waals surface area (Å²) in [5.41, 5.74) is -0.929. The minimum absolute atomic E-state index is 0.0867. The van der Waals surface area contributed by atoms with Gasteiger partial charge in [0.1, 0.15) is 16.8 Å². The average Bonchev–Trinajstić information content (AvgIpc) is 3.00. The van der Waals surface area contributed by atoms with Crippen LogP contribution in [0.1, 0.15) is 49.3 Å². The Balaban J connectivity index is 2.11. The first-order valence-electron chi connectivity index (χ1n) is 8.18. The van der Waals surface area contributed by atoms with Crippen LogP contribution < -0.4 is 0 Å². The normalized spacial score (nSPS) is 17.0. The first kappa shape index (κ1) is 19.8. The number of alkyl halides is 3. The van der Waals surface area contributed by atoms with Crippen LogP contribution in [0.2, 0.25) is 0 Å². The molecule has 1 aromatic carbocycles. The lowest BCUT2D eigenvalue weighted by Gasteiger charge is -2.17. The highest BCUT2D eigenvalue weighted by Crippen LogP contribution is 2.33. The quantitative estimate of drug-likeness (QED) is 0.608. The smallest absolute Gasteiger partial charge is 0.416 e. The van der Waals surface area contributed by atoms with E-state index in [0.717, 1.165) is 37.8 Å². The van der Waals surface area contributed by atoms with Crippen molar-refractivity contribution in [2.45, 2.75) is 57.1 Å². The SMILES string of the molecule is CC(Cc1ccc(C[SH](=O)=O)c(C(F)(F)F)c1)C(=O)OC1CCCC1. The molecule has 0 bridgehead atoms. The molecule has 1 atom stereocenters. The summed E-state index contributed by atoms with van der Waals surface area (Å²) in [5, 5.41) is 0. The molecule has 1 aliphatic rings. The number of thiol groups is 1. The van der Waals surface area contributed by atoms with E-state index in [9.17, 15) is 26.4 Å². The maximum absolute atomic E-state index is 13.2. The van der Waals surface area contributed by atoms with Crippen molar-refractivity contribution in [3.63, 3.8) is 0 Å². The number of hydrogen-bond donors (Lipinski definition) is 1. The van der Waals surface area contributed by atoms with Crippen LogP contribution in [-0.2, 0) is 38.6 Å². The van der Waals surface area contributed by atoms with Gasteiger partial charge in [0.25, 0.3) is 0 Å². The largest absolute Gasteiger partial charge is 0.462 e. The molecule has 140 valence electrons. The molecule has 1 unspecified atom stereocenters. The number of carbonyl (C=O) groups excluding carboxylic acids is 1. The molecule has 0 heterocycles. The molecule has 0 aromatic heterocycles. The zero-order chi connectivity index (χ0) is 18.6. The fraction of sp³-hybridized carbons (Fsp3) is 0.588. The van der Waals surface area contributed by atoms with Gasteiger partial charge < -0.3 is 4.74 Å². The standard InChI is InChI=1S/C17H21F3O4S/c1-11(16(21)24-14-4-2-3-5-14)8-12-6-7-13(10-25(22)23)15(9-12)17(18,19)20/h6-7,9,11,14,25H,2-5,8,10H2,1H3. The molecule has 0 radical (unpaired) electrons. The zero-order valence-corrected chi connectivity index (χ0v) is 14.7. The lowest BCUT2D eigenvalue weighted by Crippen LogP contribution is -2.22. The van der Waals surface area contributed by atoms with E-state index < -0.39 is 40.1 Å². The number of ether oxygens (including phenoxy) is 1. The van der Waals surface area contributed by atoms with Gasteiger partial charge in [-0.2, -0.15) is 13.2 Å². The molecule has 4 nitrogen and oxygen atoms in total. The van der Waals surface area contributed by atoms with E-state index in [2.05, 4.69) is 0 Å². The van der Waals surface area contributed by atoms with Gasteiger partial charge in [-0.3, -0.25) is 4.79 Å². The third kappa shape index (κ3) is 5.73. The van der Waals surface area contributed by atoms with Crippen molar-refractivity contribution in [3.8, 4) is 0 Å². The second kappa shape index (κ2) is 8.21. The van der Waals surface area contributed by atoms with Crippen molar-refractivity contribution in [1.29, 1.82) is 0 Å². The predicted octanol–water partition coefficient (Wildman–Crippen LogP) is 3.48. The summed E-state index contributed by atoms with van der Waals surface area (Å²) in [5.74, 6) is -1.64. The van der Waals surface area contributed by atoms with Crippen LogP contribution in [0.25, 0.3) is 0 Å². The minimum atomic E-state index is -4.65. The molecule has 1 fully saturated rings. The van der Waals surface area contributed by atoms with Gasteiger partial charge in [0.05, 0.1) is 17.2 Å². The lowest BCUT2D eigenvalue weighted by atomic mass is 9.97. The molecule has 1 aliphatic carbocycles. The first-order valence-corrected chi connectivity index (χ1v) is 9.54. The number of carbonyl (C=O) groups is 1. The molecule has 1 aromatic rings. The van der Waals surface area contributed by atoms with E-state index in [1.54, 1.807) is 6.92 Å². The van der Waals surface area contributed by atoms with Crippen molar-refractivity contribution < 1.29 is 31.1 Å². The Morgan fingerprint density at radius 3 is 2.48 bits per heavy atom. The molecule has 0 saturated heterocycles. The predicted molar refractivity (Wildman–Crippen MR) is 86.7 cm³/mol. The van der Waals surface area contributed by atoms with Gasteiger partial charge >= 0.3 is 12.1 Å². The van der Waals surface area contributed by atoms with Crippen LogP contribution in [0.5, 0.6) is 0 Å². The molecular formula is C17H21F3O4S. The summed E-state index contributed by atoms with van der Waals surface area (Å²) in [7, 11) is -2.96. The van der Waals surface area contributed by atoms with E-state index in [0.29, 0.717) is 5.56 Å². The lowest BCUT2D eigenvalue weighted by molar-refractivity contribution is -0.153. The van der Waals surface area contributed by atoms with Gasteiger partial charge in [-0.25, -0.2) is 8.42 Å². The Morgan fingerprint density at radius 2 is 1.92 bits per heavy atom. The van der Waals surface area contributed by atoms with Crippen LogP contribution >= 0.6 is 0 Å². The molecule has 25 heavy (non-hydrogen) atoms. The van der Waals surface area contributed by atoms with E-state index in [1.165, 1.54) is 6.07 Å². The maximum atomic E-state index is 13.2. The van der Waals surface area contributed by atoms with Crippen molar-refractivity contribution in [2.75, 3.05) is 0 Å². The van der Waals surface area contributed by atoms with Gasteiger partial charge in [-0.05, 0) is 49.3 Å². The van der Waals surface area contributed by atoms with E-state index in [1.807, 2.05) is 0 Å². The molecular weight excluding hydrogens is 357 g/mol. The summed E-state index contributed by atoms with van der Waals surface area (Å²) in [6, 6.07) is 3.52. The Hall–Kier alpha value is -1.57. The molecule has 0 amide bonds. The first-order chi connectivity index (χ1) is 11.7. The molecule has 2 rings (SSSR count). The fourth-order valence-electron chi connectivity index (χ4n) is 3.01. The molecule has 8 heteroatoms. The summed E-state index contributed by atoms with van der Waals surface area (Å²) < 4.78 is 66.4. The van der Waals surface area contributed by atoms with E-state index in [-0.39, 0.29) is 18.1 Å². The highest BCUT2D eigenvalue weighted by molar-refractivity contribution is 7.71. The summed E-state index contributed by atoms with van der Waals surface area (Å²) in [4.78, 5) is 12.1. The number of halogens is 3. The Labute approximate surface area is 146 Å². The Kier molecular flexibility index (Phi) is 6.48. The van der Waals surface area contributed by atoms with E-state index in [4.69, 9.17) is 4.74 Å². The van der Waals surface area contributed by atoms with Crippen molar-refractivity contribution >= 4 is 16.7 Å². The summed E-state index contributed by atoms with van der Waals surface area (Å²) in [6.45, 7) is 1.62.